The van der Waals surface area contributed by atoms with Crippen molar-refractivity contribution in [1.82, 2.24) is 5.16 Å². The van der Waals surface area contributed by atoms with Crippen LogP contribution in [0.25, 0.3) is 11.3 Å². The molecule has 0 saturated carbocycles. The maximum absolute atomic E-state index is 5.85. The predicted molar refractivity (Wildman–Crippen MR) is 69.8 cm³/mol. The van der Waals surface area contributed by atoms with Crippen LogP contribution in [0.2, 0.25) is 0 Å². The van der Waals surface area contributed by atoms with Gasteiger partial charge in [0, 0.05) is 11.1 Å². The number of hydrogen-bond acceptors (Lipinski definition) is 3. The van der Waals surface area contributed by atoms with E-state index in [0.717, 1.165) is 29.7 Å². The number of anilines is 1. The molecule has 0 spiro atoms. The van der Waals surface area contributed by atoms with Crippen molar-refractivity contribution >= 4 is 5.82 Å². The zero-order valence-corrected chi connectivity index (χ0v) is 10.6. The topological polar surface area (TPSA) is 52.0 Å². The van der Waals surface area contributed by atoms with Gasteiger partial charge in [-0.1, -0.05) is 36.7 Å². The molecule has 0 atom stereocenters. The molecule has 0 aliphatic heterocycles. The van der Waals surface area contributed by atoms with E-state index in [-0.39, 0.29) is 0 Å². The van der Waals surface area contributed by atoms with Gasteiger partial charge in [-0.05, 0) is 31.4 Å². The van der Waals surface area contributed by atoms with Crippen LogP contribution in [0.15, 0.2) is 22.7 Å². The molecule has 0 unspecified atom stereocenters. The van der Waals surface area contributed by atoms with Gasteiger partial charge in [-0.2, -0.15) is 0 Å². The number of hydrogen-bond donors (Lipinski definition) is 1. The molecule has 3 nitrogen and oxygen atoms in total. The third-order valence-electron chi connectivity index (χ3n) is 3.17. The average molecular weight is 230 g/mol. The third kappa shape index (κ3) is 2.05. The Morgan fingerprint density at radius 2 is 2.06 bits per heavy atom. The van der Waals surface area contributed by atoms with E-state index in [1.807, 2.05) is 6.07 Å². The zero-order valence-electron chi connectivity index (χ0n) is 10.6. The molecule has 0 aliphatic rings. The van der Waals surface area contributed by atoms with Gasteiger partial charge in [0.05, 0.1) is 0 Å². The third-order valence-corrected chi connectivity index (χ3v) is 3.17. The van der Waals surface area contributed by atoms with Crippen molar-refractivity contribution in [1.29, 1.82) is 0 Å². The number of aromatic nitrogens is 1. The number of nitrogens with zero attached hydrogens (tertiary/aromatic N) is 1. The minimum Gasteiger partial charge on any atom is -0.381 e. The van der Waals surface area contributed by atoms with Crippen LogP contribution in [0.1, 0.15) is 30.0 Å². The molecule has 0 aliphatic carbocycles. The molecule has 17 heavy (non-hydrogen) atoms. The van der Waals surface area contributed by atoms with E-state index in [1.165, 1.54) is 11.1 Å². The molecule has 0 radical (unpaired) electrons. The Labute approximate surface area is 102 Å². The van der Waals surface area contributed by atoms with Crippen LogP contribution >= 0.6 is 0 Å². The van der Waals surface area contributed by atoms with Crippen molar-refractivity contribution in [2.45, 2.75) is 33.6 Å². The Morgan fingerprint density at radius 1 is 1.29 bits per heavy atom. The van der Waals surface area contributed by atoms with Gasteiger partial charge in [-0.3, -0.25) is 0 Å². The van der Waals surface area contributed by atoms with E-state index < -0.39 is 0 Å². The molecule has 2 aromatic rings. The molecule has 2 rings (SSSR count). The van der Waals surface area contributed by atoms with Crippen LogP contribution < -0.4 is 5.73 Å². The van der Waals surface area contributed by atoms with Crippen molar-refractivity contribution in [2.24, 2.45) is 0 Å². The summed E-state index contributed by atoms with van der Waals surface area (Å²) in [5.74, 6) is 1.34. The summed E-state index contributed by atoms with van der Waals surface area (Å²) in [6.45, 7) is 6.32. The van der Waals surface area contributed by atoms with Crippen LogP contribution in [0.5, 0.6) is 0 Å². The van der Waals surface area contributed by atoms with Crippen LogP contribution in [0.4, 0.5) is 5.82 Å². The average Bonchev–Trinajstić information content (AvgIpc) is 2.66. The highest BCUT2D eigenvalue weighted by atomic mass is 16.5. The lowest BCUT2D eigenvalue weighted by atomic mass is 9.98. The summed E-state index contributed by atoms with van der Waals surface area (Å²) in [5, 5.41) is 3.89. The van der Waals surface area contributed by atoms with Crippen molar-refractivity contribution in [3.05, 3.63) is 34.9 Å². The molecule has 2 N–H and O–H groups in total. The summed E-state index contributed by atoms with van der Waals surface area (Å²) < 4.78 is 5.39. The lowest BCUT2D eigenvalue weighted by molar-refractivity contribution is 0.434. The lowest BCUT2D eigenvalue weighted by Gasteiger charge is -2.07. The first kappa shape index (κ1) is 11.7. The largest absolute Gasteiger partial charge is 0.381 e. The normalized spacial score (nSPS) is 10.8. The molecule has 0 fully saturated rings. The minimum absolute atomic E-state index is 0.516. The molecule has 3 heteroatoms. The zero-order chi connectivity index (χ0) is 12.4. The number of nitrogen functional groups attached to an aromatic ring is 1. The lowest BCUT2D eigenvalue weighted by Crippen LogP contribution is -1.94. The molecular formula is C14H18N2O. The van der Waals surface area contributed by atoms with E-state index in [2.05, 4.69) is 38.1 Å². The monoisotopic (exact) mass is 230 g/mol. The Balaban J connectivity index is 2.56. The van der Waals surface area contributed by atoms with Gasteiger partial charge in [-0.15, -0.1) is 0 Å². The van der Waals surface area contributed by atoms with Gasteiger partial charge in [0.2, 0.25) is 0 Å². The SMILES string of the molecule is CCCc1c(N)noc1-c1cccc(C)c1C. The fraction of sp³-hybridized carbons (Fsp3) is 0.357. The molecular weight excluding hydrogens is 212 g/mol. The maximum atomic E-state index is 5.85. The Hall–Kier alpha value is -1.77. The van der Waals surface area contributed by atoms with E-state index in [4.69, 9.17) is 10.3 Å². The second-order valence-corrected chi connectivity index (χ2v) is 4.37. The summed E-state index contributed by atoms with van der Waals surface area (Å²) in [6.07, 6.45) is 1.93. The maximum Gasteiger partial charge on any atom is 0.172 e. The number of rotatable bonds is 3. The smallest absolute Gasteiger partial charge is 0.172 e. The molecule has 1 aromatic carbocycles. The van der Waals surface area contributed by atoms with Crippen LogP contribution in [-0.4, -0.2) is 5.16 Å². The van der Waals surface area contributed by atoms with Crippen molar-refractivity contribution in [3.63, 3.8) is 0 Å². The Morgan fingerprint density at radius 3 is 2.76 bits per heavy atom. The first-order chi connectivity index (χ1) is 8.15. The molecule has 90 valence electrons. The Bertz CT molecular complexity index is 529. The van der Waals surface area contributed by atoms with Crippen molar-refractivity contribution < 1.29 is 4.52 Å². The van der Waals surface area contributed by atoms with E-state index in [0.29, 0.717) is 5.82 Å². The first-order valence-electron chi connectivity index (χ1n) is 5.95. The second kappa shape index (κ2) is 4.62. The predicted octanol–water partition coefficient (Wildman–Crippen LogP) is 3.49. The van der Waals surface area contributed by atoms with Crippen LogP contribution in [0, 0.1) is 13.8 Å². The molecule has 0 bridgehead atoms. The van der Waals surface area contributed by atoms with Crippen molar-refractivity contribution in [2.75, 3.05) is 5.73 Å². The van der Waals surface area contributed by atoms with Gasteiger partial charge in [0.15, 0.2) is 11.6 Å². The summed E-state index contributed by atoms with van der Waals surface area (Å²) >= 11 is 0. The van der Waals surface area contributed by atoms with Gasteiger partial charge >= 0.3 is 0 Å². The summed E-state index contributed by atoms with van der Waals surface area (Å²) in [4.78, 5) is 0. The molecule has 0 saturated heterocycles. The minimum atomic E-state index is 0.516. The fourth-order valence-electron chi connectivity index (χ4n) is 2.02. The van der Waals surface area contributed by atoms with Gasteiger partial charge in [-0.25, -0.2) is 0 Å². The molecule has 0 amide bonds. The summed E-state index contributed by atoms with van der Waals surface area (Å²) in [7, 11) is 0. The highest BCUT2D eigenvalue weighted by Gasteiger charge is 2.16. The van der Waals surface area contributed by atoms with Gasteiger partial charge < -0.3 is 10.3 Å². The van der Waals surface area contributed by atoms with Gasteiger partial charge in [0.25, 0.3) is 0 Å². The Kier molecular flexibility index (Phi) is 3.18. The van der Waals surface area contributed by atoms with E-state index in [1.54, 1.807) is 0 Å². The van der Waals surface area contributed by atoms with Crippen LogP contribution in [0.3, 0.4) is 0 Å². The fourth-order valence-corrected chi connectivity index (χ4v) is 2.02. The quantitative estimate of drug-likeness (QED) is 0.878. The standard InChI is InChI=1S/C14H18N2O/c1-4-6-12-13(17-16-14(12)15)11-8-5-7-9(2)10(11)3/h5,7-8H,4,6H2,1-3H3,(H2,15,16). The van der Waals surface area contributed by atoms with Crippen LogP contribution in [-0.2, 0) is 6.42 Å². The number of benzene rings is 1. The van der Waals surface area contributed by atoms with Crippen molar-refractivity contribution in [3.8, 4) is 11.3 Å². The highest BCUT2D eigenvalue weighted by molar-refractivity contribution is 5.70. The number of nitrogens with two attached hydrogens (primary N) is 1. The summed E-state index contributed by atoms with van der Waals surface area (Å²) in [5.41, 5.74) is 10.4. The first-order valence-corrected chi connectivity index (χ1v) is 5.95. The molecule has 1 heterocycles. The number of aryl methyl sites for hydroxylation is 1. The van der Waals surface area contributed by atoms with E-state index in [9.17, 15) is 0 Å². The second-order valence-electron chi connectivity index (χ2n) is 4.37. The highest BCUT2D eigenvalue weighted by Crippen LogP contribution is 2.32. The molecule has 1 aromatic heterocycles. The van der Waals surface area contributed by atoms with Gasteiger partial charge in [0.1, 0.15) is 0 Å². The summed E-state index contributed by atoms with van der Waals surface area (Å²) in [6, 6.07) is 6.19. The van der Waals surface area contributed by atoms with E-state index >= 15 is 0 Å².